The molecular weight excluding hydrogens is 447 g/mol. The molecule has 1 N–H and O–H groups in total. The first-order chi connectivity index (χ1) is 11.5. The van der Waals surface area contributed by atoms with Crippen molar-refractivity contribution in [3.8, 4) is 17.1 Å². The number of nitrogens with zero attached hydrogens (tertiary/aromatic N) is 3. The summed E-state index contributed by atoms with van der Waals surface area (Å²) in [4.78, 5) is 31.0. The zero-order valence-corrected chi connectivity index (χ0v) is 15.8. The van der Waals surface area contributed by atoms with E-state index in [9.17, 15) is 9.59 Å². The van der Waals surface area contributed by atoms with Crippen LogP contribution < -0.4 is 15.4 Å². The highest BCUT2D eigenvalue weighted by atomic mass is 127. The van der Waals surface area contributed by atoms with E-state index < -0.39 is 11.2 Å². The first kappa shape index (κ1) is 17.0. The summed E-state index contributed by atoms with van der Waals surface area (Å²) in [6.45, 7) is 2.31. The molecule has 8 nitrogen and oxygen atoms in total. The number of hydrogen-bond donors (Lipinski definition) is 1. The lowest BCUT2D eigenvalue weighted by Gasteiger charge is -2.06. The number of aromatic nitrogens is 4. The van der Waals surface area contributed by atoms with Gasteiger partial charge in [0.25, 0.3) is 5.56 Å². The number of rotatable bonds is 5. The molecule has 0 aliphatic rings. The van der Waals surface area contributed by atoms with Crippen molar-refractivity contribution in [1.29, 1.82) is 0 Å². The van der Waals surface area contributed by atoms with E-state index in [-0.39, 0.29) is 5.56 Å². The molecule has 0 aliphatic carbocycles. The third kappa shape index (κ3) is 3.08. The van der Waals surface area contributed by atoms with Gasteiger partial charge >= 0.3 is 5.69 Å². The first-order valence-electron chi connectivity index (χ1n) is 6.95. The van der Waals surface area contributed by atoms with Crippen LogP contribution >= 0.6 is 34.9 Å². The second kappa shape index (κ2) is 6.99. The molecule has 0 bridgehead atoms. The third-order valence-electron chi connectivity index (χ3n) is 3.25. The molecule has 0 radical (unpaired) electrons. The molecule has 0 fully saturated rings. The number of H-pyrrole nitrogens is 1. The Morgan fingerprint density at radius 1 is 1.38 bits per heavy atom. The van der Waals surface area contributed by atoms with E-state index in [1.54, 1.807) is 4.40 Å². The average Bonchev–Trinajstić information content (AvgIpc) is 2.91. The van der Waals surface area contributed by atoms with E-state index in [1.165, 1.54) is 13.2 Å². The van der Waals surface area contributed by atoms with Crippen LogP contribution in [0.4, 0.5) is 0 Å². The van der Waals surface area contributed by atoms with Crippen LogP contribution in [0.1, 0.15) is 6.92 Å². The van der Waals surface area contributed by atoms with Crippen LogP contribution in [-0.2, 0) is 11.2 Å². The maximum Gasteiger partial charge on any atom is 0.328 e. The molecule has 3 heterocycles. The second-order valence-electron chi connectivity index (χ2n) is 4.77. The number of pyridine rings is 1. The van der Waals surface area contributed by atoms with E-state index >= 15 is 0 Å². The average molecular weight is 460 g/mol. The summed E-state index contributed by atoms with van der Waals surface area (Å²) < 4.78 is 14.5. The molecule has 0 atom stereocenters. The van der Waals surface area contributed by atoms with Crippen molar-refractivity contribution in [3.05, 3.63) is 48.9 Å². The van der Waals surface area contributed by atoms with Gasteiger partial charge in [0, 0.05) is 23.0 Å². The largest absolute Gasteiger partial charge is 0.379 e. The van der Waals surface area contributed by atoms with Crippen LogP contribution in [0.15, 0.2) is 34.1 Å². The van der Waals surface area contributed by atoms with Crippen molar-refractivity contribution in [2.24, 2.45) is 7.05 Å². The Morgan fingerprint density at radius 2 is 2.17 bits per heavy atom. The van der Waals surface area contributed by atoms with Crippen LogP contribution in [-0.4, -0.2) is 25.5 Å². The van der Waals surface area contributed by atoms with Gasteiger partial charge in [0.2, 0.25) is 18.2 Å². The minimum Gasteiger partial charge on any atom is -0.379 e. The smallest absolute Gasteiger partial charge is 0.328 e. The minimum absolute atomic E-state index is 0.239. The molecule has 0 unspecified atom stereocenters. The molecule has 0 spiro atoms. The molecule has 3 rings (SSSR count). The Hall–Kier alpha value is -1.79. The molecule has 0 aromatic carbocycles. The zero-order chi connectivity index (χ0) is 17.3. The monoisotopic (exact) mass is 460 g/mol. The third-order valence-corrected chi connectivity index (χ3v) is 4.45. The van der Waals surface area contributed by atoms with E-state index in [0.29, 0.717) is 23.8 Å². The van der Waals surface area contributed by atoms with Gasteiger partial charge in [-0.2, -0.15) is 0 Å². The zero-order valence-electron chi connectivity index (χ0n) is 12.8. The summed E-state index contributed by atoms with van der Waals surface area (Å²) in [5, 5.41) is 0. The van der Waals surface area contributed by atoms with E-state index in [1.807, 2.05) is 25.3 Å². The maximum atomic E-state index is 12.4. The summed E-state index contributed by atoms with van der Waals surface area (Å²) in [6, 6.07) is 3.72. The highest BCUT2D eigenvalue weighted by Crippen LogP contribution is 2.31. The Labute approximate surface area is 154 Å². The normalized spacial score (nSPS) is 11.1. The summed E-state index contributed by atoms with van der Waals surface area (Å²) in [5.41, 5.74) is 0.242. The number of fused-ring (bicyclic) bond motifs is 1. The Balaban J connectivity index is 2.23. The van der Waals surface area contributed by atoms with E-state index in [4.69, 9.17) is 8.37 Å². The highest BCUT2D eigenvalue weighted by molar-refractivity contribution is 14.1. The van der Waals surface area contributed by atoms with Gasteiger partial charge in [-0.25, -0.2) is 9.78 Å². The van der Waals surface area contributed by atoms with Gasteiger partial charge in [-0.1, -0.05) is 0 Å². The molecule has 3 aromatic rings. The first-order valence-corrected chi connectivity index (χ1v) is 8.70. The molecule has 0 saturated carbocycles. The molecule has 0 amide bonds. The molecule has 24 heavy (non-hydrogen) atoms. The number of hydrogen-bond acceptors (Lipinski definition) is 6. The van der Waals surface area contributed by atoms with Crippen LogP contribution in [0.5, 0.6) is 5.88 Å². The summed E-state index contributed by atoms with van der Waals surface area (Å²) in [7, 11) is 1.40. The van der Waals surface area contributed by atoms with Crippen LogP contribution in [0, 0.1) is 3.57 Å². The summed E-state index contributed by atoms with van der Waals surface area (Å²) >= 11 is 2.98. The molecule has 3 aromatic heterocycles. The fourth-order valence-electron chi connectivity index (χ4n) is 2.09. The number of imidazole rings is 1. The van der Waals surface area contributed by atoms with Gasteiger partial charge in [-0.3, -0.25) is 17.9 Å². The summed E-state index contributed by atoms with van der Waals surface area (Å²) in [6.07, 6.45) is 3.18. The van der Waals surface area contributed by atoms with Gasteiger partial charge < -0.3 is 9.17 Å². The van der Waals surface area contributed by atoms with Crippen molar-refractivity contribution in [2.45, 2.75) is 6.92 Å². The van der Waals surface area contributed by atoms with E-state index in [0.717, 1.165) is 20.5 Å². The van der Waals surface area contributed by atoms with Crippen molar-refractivity contribution in [2.75, 3.05) is 6.61 Å². The molecule has 10 heteroatoms. The van der Waals surface area contributed by atoms with Crippen molar-refractivity contribution < 1.29 is 8.37 Å². The Morgan fingerprint density at radius 3 is 2.92 bits per heavy atom. The molecule has 126 valence electrons. The standard InChI is InChI=1S/C14H13IN4O4S/c1-3-22-24-23-13-11(9-6-16-14(21)18(2)12(9)20)17-10-5-4-8(15)7-19(10)13/h4-7H,3H2,1-2H3,(H,16,21). The highest BCUT2D eigenvalue weighted by Gasteiger charge is 2.20. The van der Waals surface area contributed by atoms with Gasteiger partial charge in [0.1, 0.15) is 11.3 Å². The van der Waals surface area contributed by atoms with Gasteiger partial charge in [-0.05, 0) is 41.6 Å². The fraction of sp³-hybridized carbons (Fsp3) is 0.214. The lowest BCUT2D eigenvalue weighted by atomic mass is 10.2. The quantitative estimate of drug-likeness (QED) is 0.356. The molecule has 0 aliphatic heterocycles. The number of nitrogens with one attached hydrogen (secondary N) is 1. The minimum atomic E-state index is -0.492. The predicted molar refractivity (Wildman–Crippen MR) is 99.1 cm³/mol. The second-order valence-corrected chi connectivity index (χ2v) is 6.55. The lowest BCUT2D eigenvalue weighted by molar-refractivity contribution is 0.367. The lowest BCUT2D eigenvalue weighted by Crippen LogP contribution is -2.33. The topological polar surface area (TPSA) is 90.6 Å². The maximum absolute atomic E-state index is 12.4. The SMILES string of the molecule is CCOSOc1c(-c2c[nH]c(=O)n(C)c2=O)nc2ccc(I)cn12. The predicted octanol–water partition coefficient (Wildman–Crippen LogP) is 1.97. The van der Waals surface area contributed by atoms with Crippen LogP contribution in [0.25, 0.3) is 16.9 Å². The fourth-order valence-corrected chi connectivity index (χ4v) is 2.92. The Kier molecular flexibility index (Phi) is 4.96. The van der Waals surface area contributed by atoms with Gasteiger partial charge in [-0.15, -0.1) is 0 Å². The van der Waals surface area contributed by atoms with Crippen molar-refractivity contribution >= 4 is 40.6 Å². The van der Waals surface area contributed by atoms with E-state index in [2.05, 4.69) is 32.6 Å². The molecular formula is C14H13IN4O4S. The van der Waals surface area contributed by atoms with Gasteiger partial charge in [0.05, 0.1) is 12.2 Å². The Bertz CT molecular complexity index is 1010. The molecule has 0 saturated heterocycles. The number of halogens is 1. The van der Waals surface area contributed by atoms with Crippen molar-refractivity contribution in [1.82, 2.24) is 18.9 Å². The number of aromatic amines is 1. The summed E-state index contributed by atoms with van der Waals surface area (Å²) in [5.74, 6) is 0.353. The van der Waals surface area contributed by atoms with Gasteiger partial charge in [0.15, 0.2) is 0 Å². The van der Waals surface area contributed by atoms with Crippen LogP contribution in [0.2, 0.25) is 0 Å². The van der Waals surface area contributed by atoms with Crippen LogP contribution in [0.3, 0.4) is 0 Å². The van der Waals surface area contributed by atoms with Crippen molar-refractivity contribution in [3.63, 3.8) is 0 Å².